The molecule has 0 unspecified atom stereocenters. The molecule has 3 N–H and O–H groups in total. The van der Waals surface area contributed by atoms with Crippen LogP contribution in [-0.4, -0.2) is 61.3 Å². The van der Waals surface area contributed by atoms with Crippen molar-refractivity contribution in [3.05, 3.63) is 78.0 Å². The molecule has 3 heterocycles. The van der Waals surface area contributed by atoms with E-state index >= 15 is 0 Å². The normalized spacial score (nSPS) is 14.7. The van der Waals surface area contributed by atoms with E-state index in [-0.39, 0.29) is 11.9 Å². The number of pyridine rings is 1. The van der Waals surface area contributed by atoms with Crippen LogP contribution in [-0.2, 0) is 16.0 Å². The number of carbonyl (C=O) groups excluding carboxylic acids is 2. The number of urea groups is 1. The summed E-state index contributed by atoms with van der Waals surface area (Å²) in [6.07, 6.45) is 3.56. The molecular weight excluding hydrogens is 560 g/mol. The quantitative estimate of drug-likeness (QED) is 0.216. The van der Waals surface area contributed by atoms with Crippen LogP contribution in [0.15, 0.2) is 66.9 Å². The number of amides is 3. The molecule has 0 radical (unpaired) electrons. The van der Waals surface area contributed by atoms with E-state index in [9.17, 15) is 14.9 Å². The van der Waals surface area contributed by atoms with Crippen molar-refractivity contribution in [2.24, 2.45) is 0 Å². The van der Waals surface area contributed by atoms with E-state index in [2.05, 4.69) is 31.9 Å². The van der Waals surface area contributed by atoms with Crippen LogP contribution < -0.4 is 25.4 Å². The van der Waals surface area contributed by atoms with Crippen molar-refractivity contribution in [3.63, 3.8) is 0 Å². The summed E-state index contributed by atoms with van der Waals surface area (Å²) in [6.45, 7) is 4.81. The number of anilines is 3. The minimum atomic E-state index is -0.387. The van der Waals surface area contributed by atoms with Gasteiger partial charge < -0.3 is 30.2 Å². The highest BCUT2D eigenvalue weighted by molar-refractivity contribution is 6.00. The number of nitrogens with one attached hydrogen (secondary N) is 3. The smallest absolute Gasteiger partial charge is 0.323 e. The van der Waals surface area contributed by atoms with Crippen LogP contribution in [0.5, 0.6) is 17.2 Å². The molecule has 0 bridgehead atoms. The maximum atomic E-state index is 12.6. The summed E-state index contributed by atoms with van der Waals surface area (Å²) >= 11 is 0. The van der Waals surface area contributed by atoms with E-state index in [0.29, 0.717) is 64.5 Å². The third-order valence-electron chi connectivity index (χ3n) is 7.50. The van der Waals surface area contributed by atoms with Gasteiger partial charge in [0.2, 0.25) is 5.91 Å². The molecule has 4 aromatic rings. The molecule has 11 nitrogen and oxygen atoms in total. The van der Waals surface area contributed by atoms with Crippen LogP contribution in [0, 0.1) is 11.3 Å². The average molecular weight is 593 g/mol. The topological polar surface area (TPSA) is 138 Å². The number of fused-ring (bicyclic) bond motifs is 2. The Morgan fingerprint density at radius 2 is 1.80 bits per heavy atom. The first-order valence-corrected chi connectivity index (χ1v) is 14.6. The Morgan fingerprint density at radius 1 is 1.00 bits per heavy atom. The number of ether oxygens (including phenoxy) is 3. The zero-order valence-corrected chi connectivity index (χ0v) is 24.1. The number of carbonyl (C=O) groups is 2. The Labute approximate surface area is 254 Å². The number of aryl methyl sites for hydroxylation is 1. The molecule has 1 aromatic heterocycles. The first kappa shape index (κ1) is 28.9. The summed E-state index contributed by atoms with van der Waals surface area (Å²) in [5, 5.41) is 19.0. The summed E-state index contributed by atoms with van der Waals surface area (Å²) in [5.74, 6) is 1.61. The van der Waals surface area contributed by atoms with E-state index < -0.39 is 0 Å². The number of hydrogen-bond acceptors (Lipinski definition) is 8. The fraction of sp³-hybridized carbons (Fsp3) is 0.273. The standard InChI is InChI=1S/C33H32N6O5/c34-21-23-19-27-29(20-31(23)43-15-1-12-39-13-16-42-17-14-39)35-11-10-30(27)44-26-6-3-24(4-7-26)36-33(41)37-25-5-8-28-22(18-25)2-9-32(40)38-28/h3-8,10-11,18-20H,1-2,9,12-17H2,(H,38,40)(H2,36,37,41). The lowest BCUT2D eigenvalue weighted by Gasteiger charge is -2.26. The first-order chi connectivity index (χ1) is 21.5. The lowest BCUT2D eigenvalue weighted by Crippen LogP contribution is -2.37. The van der Waals surface area contributed by atoms with Gasteiger partial charge in [-0.1, -0.05) is 0 Å². The molecule has 224 valence electrons. The van der Waals surface area contributed by atoms with Crippen LogP contribution in [0.4, 0.5) is 21.9 Å². The molecule has 0 saturated carbocycles. The van der Waals surface area contributed by atoms with Crippen molar-refractivity contribution in [1.29, 1.82) is 5.26 Å². The lowest BCUT2D eigenvalue weighted by atomic mass is 10.0. The molecule has 0 aliphatic carbocycles. The molecule has 1 fully saturated rings. The van der Waals surface area contributed by atoms with E-state index in [4.69, 9.17) is 14.2 Å². The van der Waals surface area contributed by atoms with Gasteiger partial charge in [0.25, 0.3) is 0 Å². The number of nitriles is 1. The fourth-order valence-electron chi connectivity index (χ4n) is 5.23. The number of hydrogen-bond donors (Lipinski definition) is 3. The molecular formula is C33H32N6O5. The largest absolute Gasteiger partial charge is 0.492 e. The van der Waals surface area contributed by atoms with Gasteiger partial charge in [-0.2, -0.15) is 5.26 Å². The van der Waals surface area contributed by atoms with Gasteiger partial charge in [-0.15, -0.1) is 0 Å². The van der Waals surface area contributed by atoms with Crippen molar-refractivity contribution >= 4 is 39.9 Å². The van der Waals surface area contributed by atoms with Crippen molar-refractivity contribution in [2.45, 2.75) is 19.3 Å². The minimum absolute atomic E-state index is 0.00245. The highest BCUT2D eigenvalue weighted by Crippen LogP contribution is 2.33. The molecule has 2 aliphatic rings. The van der Waals surface area contributed by atoms with Gasteiger partial charge in [-0.3, -0.25) is 14.7 Å². The third kappa shape index (κ3) is 7.06. The maximum Gasteiger partial charge on any atom is 0.323 e. The second-order valence-corrected chi connectivity index (χ2v) is 10.6. The van der Waals surface area contributed by atoms with Crippen LogP contribution in [0.2, 0.25) is 0 Å². The molecule has 11 heteroatoms. The van der Waals surface area contributed by atoms with Crippen molar-refractivity contribution in [3.8, 4) is 23.3 Å². The Balaban J connectivity index is 1.06. The maximum absolute atomic E-state index is 12.6. The molecule has 1 saturated heterocycles. The monoisotopic (exact) mass is 592 g/mol. The average Bonchev–Trinajstić information content (AvgIpc) is 3.04. The summed E-state index contributed by atoms with van der Waals surface area (Å²) in [7, 11) is 0. The molecule has 3 amide bonds. The zero-order valence-electron chi connectivity index (χ0n) is 24.1. The zero-order chi connectivity index (χ0) is 30.3. The second kappa shape index (κ2) is 13.4. The molecule has 44 heavy (non-hydrogen) atoms. The van der Waals surface area contributed by atoms with Gasteiger partial charge in [0, 0.05) is 60.8 Å². The van der Waals surface area contributed by atoms with Gasteiger partial charge in [-0.25, -0.2) is 4.79 Å². The van der Waals surface area contributed by atoms with E-state index in [1.54, 1.807) is 60.8 Å². The number of morpholine rings is 1. The van der Waals surface area contributed by atoms with Crippen molar-refractivity contribution in [1.82, 2.24) is 9.88 Å². The van der Waals surface area contributed by atoms with Gasteiger partial charge in [0.15, 0.2) is 0 Å². The summed E-state index contributed by atoms with van der Waals surface area (Å²) in [6, 6.07) is 19.5. The summed E-state index contributed by atoms with van der Waals surface area (Å²) < 4.78 is 17.5. The Hall–Kier alpha value is -5.18. The lowest BCUT2D eigenvalue weighted by molar-refractivity contribution is -0.116. The molecule has 6 rings (SSSR count). The van der Waals surface area contributed by atoms with Gasteiger partial charge in [0.05, 0.1) is 30.9 Å². The van der Waals surface area contributed by atoms with Gasteiger partial charge in [0.1, 0.15) is 23.3 Å². The number of aromatic nitrogens is 1. The van der Waals surface area contributed by atoms with Crippen LogP contribution in [0.3, 0.4) is 0 Å². The molecule has 0 spiro atoms. The number of nitrogens with zero attached hydrogens (tertiary/aromatic N) is 3. The SMILES string of the molecule is N#Cc1cc2c(Oc3ccc(NC(=O)Nc4ccc5c(c4)CCC(=O)N5)cc3)ccnc2cc1OCCCN1CCOCC1. The van der Waals surface area contributed by atoms with Crippen LogP contribution >= 0.6 is 0 Å². The predicted octanol–water partition coefficient (Wildman–Crippen LogP) is 5.53. The third-order valence-corrected chi connectivity index (χ3v) is 7.50. The molecule has 3 aromatic carbocycles. The van der Waals surface area contributed by atoms with Crippen LogP contribution in [0.1, 0.15) is 24.0 Å². The van der Waals surface area contributed by atoms with Gasteiger partial charge in [-0.05, 0) is 73.0 Å². The summed E-state index contributed by atoms with van der Waals surface area (Å²) in [4.78, 5) is 31.0. The molecule has 2 aliphatic heterocycles. The Morgan fingerprint density at radius 3 is 2.61 bits per heavy atom. The highest BCUT2D eigenvalue weighted by Gasteiger charge is 2.16. The minimum Gasteiger partial charge on any atom is -0.492 e. The van der Waals surface area contributed by atoms with Crippen LogP contribution in [0.25, 0.3) is 10.9 Å². The fourth-order valence-corrected chi connectivity index (χ4v) is 5.23. The second-order valence-electron chi connectivity index (χ2n) is 10.6. The Kier molecular flexibility index (Phi) is 8.82. The first-order valence-electron chi connectivity index (χ1n) is 14.6. The Bertz CT molecular complexity index is 1710. The number of rotatable bonds is 9. The van der Waals surface area contributed by atoms with E-state index in [1.165, 1.54) is 0 Å². The van der Waals surface area contributed by atoms with Crippen molar-refractivity contribution in [2.75, 3.05) is 55.4 Å². The predicted molar refractivity (Wildman–Crippen MR) is 166 cm³/mol. The number of benzene rings is 3. The molecule has 0 atom stereocenters. The van der Waals surface area contributed by atoms with E-state index in [1.807, 2.05) is 6.07 Å². The van der Waals surface area contributed by atoms with Gasteiger partial charge >= 0.3 is 6.03 Å². The highest BCUT2D eigenvalue weighted by atomic mass is 16.5. The van der Waals surface area contributed by atoms with Crippen molar-refractivity contribution < 1.29 is 23.8 Å². The van der Waals surface area contributed by atoms with E-state index in [0.717, 1.165) is 50.5 Å². The summed E-state index contributed by atoms with van der Waals surface area (Å²) in [5.41, 5.74) is 4.05.